The summed E-state index contributed by atoms with van der Waals surface area (Å²) in [5.74, 6) is -0.422. The second kappa shape index (κ2) is 8.93. The van der Waals surface area contributed by atoms with Gasteiger partial charge in [-0.15, -0.1) is 0 Å². The minimum atomic E-state index is -3.73. The third-order valence-electron chi connectivity index (χ3n) is 5.52. The SMILES string of the molecule is O=C(NCCc1ccccc1)C1CCCN(S(=O)(=O)c2cccc3cccnc23)C1. The minimum Gasteiger partial charge on any atom is -0.355 e. The van der Waals surface area contributed by atoms with Crippen molar-refractivity contribution in [3.8, 4) is 0 Å². The Hall–Kier alpha value is -2.77. The van der Waals surface area contributed by atoms with Crippen LogP contribution in [0.3, 0.4) is 0 Å². The highest BCUT2D eigenvalue weighted by atomic mass is 32.2. The number of aromatic nitrogens is 1. The summed E-state index contributed by atoms with van der Waals surface area (Å²) in [4.78, 5) is 17.1. The number of benzene rings is 2. The van der Waals surface area contributed by atoms with Gasteiger partial charge in [-0.25, -0.2) is 8.42 Å². The lowest BCUT2D eigenvalue weighted by molar-refractivity contribution is -0.126. The summed E-state index contributed by atoms with van der Waals surface area (Å²) in [6.07, 6.45) is 3.70. The van der Waals surface area contributed by atoms with Crippen molar-refractivity contribution in [1.29, 1.82) is 0 Å². The molecule has 1 aromatic heterocycles. The van der Waals surface area contributed by atoms with E-state index in [4.69, 9.17) is 0 Å². The molecule has 0 spiro atoms. The molecule has 30 heavy (non-hydrogen) atoms. The maximum atomic E-state index is 13.3. The summed E-state index contributed by atoms with van der Waals surface area (Å²) in [6, 6.07) is 18.8. The van der Waals surface area contributed by atoms with E-state index in [0.29, 0.717) is 31.4 Å². The number of piperidine rings is 1. The van der Waals surface area contributed by atoms with Gasteiger partial charge in [0.05, 0.1) is 11.4 Å². The summed E-state index contributed by atoms with van der Waals surface area (Å²) in [5, 5.41) is 3.75. The second-order valence-electron chi connectivity index (χ2n) is 7.56. The first kappa shape index (κ1) is 20.5. The van der Waals surface area contributed by atoms with Crippen molar-refractivity contribution >= 4 is 26.8 Å². The highest BCUT2D eigenvalue weighted by Gasteiger charge is 2.34. The van der Waals surface area contributed by atoms with E-state index in [1.165, 1.54) is 4.31 Å². The first-order valence-corrected chi connectivity index (χ1v) is 11.7. The van der Waals surface area contributed by atoms with Gasteiger partial charge in [-0.2, -0.15) is 4.31 Å². The number of rotatable bonds is 6. The van der Waals surface area contributed by atoms with Gasteiger partial charge in [0.25, 0.3) is 0 Å². The van der Waals surface area contributed by atoms with Crippen LogP contribution >= 0.6 is 0 Å². The van der Waals surface area contributed by atoms with Gasteiger partial charge in [0, 0.05) is 31.2 Å². The van der Waals surface area contributed by atoms with Crippen molar-refractivity contribution < 1.29 is 13.2 Å². The fourth-order valence-electron chi connectivity index (χ4n) is 3.92. The molecule has 2 aromatic carbocycles. The van der Waals surface area contributed by atoms with Gasteiger partial charge in [-0.1, -0.05) is 48.5 Å². The Morgan fingerprint density at radius 2 is 1.87 bits per heavy atom. The fraction of sp³-hybridized carbons (Fsp3) is 0.304. The zero-order valence-electron chi connectivity index (χ0n) is 16.7. The molecule has 1 amide bonds. The molecule has 4 rings (SSSR count). The standard InChI is InChI=1S/C23H25N3O3S/c27-23(25-15-13-18-7-2-1-3-8-18)20-11-6-16-26(17-20)30(28,29)21-12-4-9-19-10-5-14-24-22(19)21/h1-5,7-10,12,14,20H,6,11,13,15-17H2,(H,25,27). The Bertz CT molecular complexity index is 1130. The van der Waals surface area contributed by atoms with Crippen molar-refractivity contribution in [2.24, 2.45) is 5.92 Å². The van der Waals surface area contributed by atoms with Crippen LogP contribution in [0.25, 0.3) is 10.9 Å². The maximum Gasteiger partial charge on any atom is 0.245 e. The van der Waals surface area contributed by atoms with Crippen molar-refractivity contribution in [2.45, 2.75) is 24.2 Å². The van der Waals surface area contributed by atoms with Crippen molar-refractivity contribution in [3.63, 3.8) is 0 Å². The summed E-state index contributed by atoms with van der Waals surface area (Å²) in [7, 11) is -3.73. The van der Waals surface area contributed by atoms with Gasteiger partial charge in [0.1, 0.15) is 4.90 Å². The Kier molecular flexibility index (Phi) is 6.11. The number of sulfonamides is 1. The summed E-state index contributed by atoms with van der Waals surface area (Å²) < 4.78 is 28.1. The van der Waals surface area contributed by atoms with Gasteiger partial charge < -0.3 is 5.32 Å². The van der Waals surface area contributed by atoms with Gasteiger partial charge in [0.15, 0.2) is 0 Å². The molecule has 1 saturated heterocycles. The van der Waals surface area contributed by atoms with E-state index < -0.39 is 10.0 Å². The smallest absolute Gasteiger partial charge is 0.245 e. The number of nitrogens with one attached hydrogen (secondary N) is 1. The summed E-state index contributed by atoms with van der Waals surface area (Å²) in [6.45, 7) is 1.15. The normalized spacial score (nSPS) is 17.7. The predicted molar refractivity (Wildman–Crippen MR) is 116 cm³/mol. The first-order valence-electron chi connectivity index (χ1n) is 10.2. The van der Waals surface area contributed by atoms with Crippen molar-refractivity contribution in [2.75, 3.05) is 19.6 Å². The van der Waals surface area contributed by atoms with Gasteiger partial charge in [-0.05, 0) is 37.0 Å². The number of carbonyl (C=O) groups excluding carboxylic acids is 1. The topological polar surface area (TPSA) is 79.4 Å². The van der Waals surface area contributed by atoms with Crippen LogP contribution in [0.1, 0.15) is 18.4 Å². The van der Waals surface area contributed by atoms with Gasteiger partial charge in [0.2, 0.25) is 15.9 Å². The number of fused-ring (bicyclic) bond motifs is 1. The molecule has 0 radical (unpaired) electrons. The van der Waals surface area contributed by atoms with Crippen LogP contribution in [0, 0.1) is 5.92 Å². The lowest BCUT2D eigenvalue weighted by Gasteiger charge is -2.31. The predicted octanol–water partition coefficient (Wildman–Crippen LogP) is 2.99. The molecule has 1 N–H and O–H groups in total. The number of hydrogen-bond acceptors (Lipinski definition) is 4. The number of pyridine rings is 1. The molecular weight excluding hydrogens is 398 g/mol. The molecule has 1 aliphatic heterocycles. The average molecular weight is 424 g/mol. The Balaban J connectivity index is 1.44. The van der Waals surface area contributed by atoms with Crippen LogP contribution < -0.4 is 5.32 Å². The summed E-state index contributed by atoms with van der Waals surface area (Å²) in [5.41, 5.74) is 1.63. The molecule has 0 saturated carbocycles. The van der Waals surface area contributed by atoms with E-state index in [1.807, 2.05) is 42.5 Å². The molecule has 2 heterocycles. The average Bonchev–Trinajstić information content (AvgIpc) is 2.79. The lowest BCUT2D eigenvalue weighted by Crippen LogP contribution is -2.45. The largest absolute Gasteiger partial charge is 0.355 e. The van der Waals surface area contributed by atoms with E-state index in [1.54, 1.807) is 24.4 Å². The fourth-order valence-corrected chi connectivity index (χ4v) is 5.61. The molecule has 6 nitrogen and oxygen atoms in total. The first-order chi connectivity index (χ1) is 14.6. The molecule has 1 aliphatic rings. The number of nitrogens with zero attached hydrogens (tertiary/aromatic N) is 2. The zero-order valence-corrected chi connectivity index (χ0v) is 17.5. The molecule has 7 heteroatoms. The molecule has 1 fully saturated rings. The molecule has 3 aromatic rings. The lowest BCUT2D eigenvalue weighted by atomic mass is 9.99. The molecule has 1 atom stereocenters. The molecular formula is C23H25N3O3S. The molecule has 156 valence electrons. The molecule has 0 aliphatic carbocycles. The second-order valence-corrected chi connectivity index (χ2v) is 9.47. The molecule has 1 unspecified atom stereocenters. The monoisotopic (exact) mass is 423 g/mol. The van der Waals surface area contributed by atoms with E-state index in [0.717, 1.165) is 17.4 Å². The van der Waals surface area contributed by atoms with E-state index in [-0.39, 0.29) is 23.3 Å². The van der Waals surface area contributed by atoms with E-state index in [2.05, 4.69) is 10.3 Å². The third kappa shape index (κ3) is 4.37. The van der Waals surface area contributed by atoms with Crippen LogP contribution in [0.2, 0.25) is 0 Å². The summed E-state index contributed by atoms with van der Waals surface area (Å²) >= 11 is 0. The van der Waals surface area contributed by atoms with Crippen LogP contribution in [0.4, 0.5) is 0 Å². The number of amides is 1. The van der Waals surface area contributed by atoms with Crippen LogP contribution in [-0.2, 0) is 21.2 Å². The quantitative estimate of drug-likeness (QED) is 0.661. The van der Waals surface area contributed by atoms with Crippen LogP contribution in [0.15, 0.2) is 71.8 Å². The highest BCUT2D eigenvalue weighted by Crippen LogP contribution is 2.27. The Morgan fingerprint density at radius 1 is 1.07 bits per heavy atom. The molecule has 0 bridgehead atoms. The minimum absolute atomic E-state index is 0.0816. The number of carbonyl (C=O) groups is 1. The van der Waals surface area contributed by atoms with Gasteiger partial charge >= 0.3 is 0 Å². The maximum absolute atomic E-state index is 13.3. The van der Waals surface area contributed by atoms with Gasteiger partial charge in [-0.3, -0.25) is 9.78 Å². The number of para-hydroxylation sites is 1. The zero-order chi connectivity index (χ0) is 21.0. The van der Waals surface area contributed by atoms with E-state index >= 15 is 0 Å². The Morgan fingerprint density at radius 3 is 2.70 bits per heavy atom. The van der Waals surface area contributed by atoms with E-state index in [9.17, 15) is 13.2 Å². The van der Waals surface area contributed by atoms with Crippen molar-refractivity contribution in [1.82, 2.24) is 14.6 Å². The van der Waals surface area contributed by atoms with Crippen LogP contribution in [0.5, 0.6) is 0 Å². The Labute approximate surface area is 177 Å². The third-order valence-corrected chi connectivity index (χ3v) is 7.42. The highest BCUT2D eigenvalue weighted by molar-refractivity contribution is 7.89. The van der Waals surface area contributed by atoms with Crippen molar-refractivity contribution in [3.05, 3.63) is 72.4 Å². The number of hydrogen-bond donors (Lipinski definition) is 1. The van der Waals surface area contributed by atoms with Crippen LogP contribution in [-0.4, -0.2) is 43.2 Å².